The van der Waals surface area contributed by atoms with Crippen LogP contribution >= 0.6 is 0 Å². The Morgan fingerprint density at radius 1 is 1.22 bits per heavy atom. The Kier molecular flexibility index (Phi) is 3.45. The van der Waals surface area contributed by atoms with Crippen LogP contribution < -0.4 is 10.7 Å². The van der Waals surface area contributed by atoms with Gasteiger partial charge in [-0.25, -0.2) is 0 Å². The second-order valence-electron chi connectivity index (χ2n) is 6.77. The van der Waals surface area contributed by atoms with E-state index < -0.39 is 0 Å². The fourth-order valence-corrected chi connectivity index (χ4v) is 4.13. The molecule has 2 aliphatic rings. The average Bonchev–Trinajstić information content (AvgIpc) is 2.77. The summed E-state index contributed by atoms with van der Waals surface area (Å²) >= 11 is 0. The number of carbonyl (C=O) groups is 1. The van der Waals surface area contributed by atoms with E-state index in [2.05, 4.69) is 22.2 Å². The van der Waals surface area contributed by atoms with Crippen molar-refractivity contribution < 1.29 is 4.79 Å². The van der Waals surface area contributed by atoms with E-state index in [1.165, 1.54) is 19.0 Å². The van der Waals surface area contributed by atoms with Crippen LogP contribution in [0.15, 0.2) is 35.3 Å². The molecule has 4 rings (SSSR count). The molecule has 0 aliphatic carbocycles. The van der Waals surface area contributed by atoms with Crippen LogP contribution in [0.4, 0.5) is 0 Å². The van der Waals surface area contributed by atoms with Gasteiger partial charge < -0.3 is 15.2 Å². The summed E-state index contributed by atoms with van der Waals surface area (Å²) in [5, 5.41) is 3.64. The summed E-state index contributed by atoms with van der Waals surface area (Å²) in [5.74, 6) is -0.258. The van der Waals surface area contributed by atoms with Gasteiger partial charge in [0.25, 0.3) is 5.91 Å². The van der Waals surface area contributed by atoms with E-state index in [1.54, 1.807) is 6.07 Å². The summed E-state index contributed by atoms with van der Waals surface area (Å²) in [6.07, 6.45) is 5.91. The van der Waals surface area contributed by atoms with Gasteiger partial charge in [0.2, 0.25) is 5.43 Å². The standard InChI is InChI=1S/C18H21N3O2/c1-21-12-6-7-13(21)9-11(8-12)20-18(23)15-10-19-16-5-3-2-4-14(16)17(15)22/h2-5,10-13H,6-9H2,1H3,(H,19,22)(H,20,23). The number of hydrogen-bond donors (Lipinski definition) is 2. The molecule has 0 spiro atoms. The van der Waals surface area contributed by atoms with Crippen molar-refractivity contribution >= 4 is 16.8 Å². The molecule has 2 saturated heterocycles. The maximum Gasteiger partial charge on any atom is 0.256 e. The number of H-pyrrole nitrogens is 1. The van der Waals surface area contributed by atoms with Crippen LogP contribution in [-0.2, 0) is 0 Å². The molecule has 2 bridgehead atoms. The van der Waals surface area contributed by atoms with Crippen LogP contribution in [0.2, 0.25) is 0 Å². The molecule has 2 N–H and O–H groups in total. The number of aromatic nitrogens is 1. The van der Waals surface area contributed by atoms with E-state index >= 15 is 0 Å². The number of pyridine rings is 1. The Balaban J connectivity index is 1.56. The highest BCUT2D eigenvalue weighted by Gasteiger charge is 2.38. The summed E-state index contributed by atoms with van der Waals surface area (Å²) in [5.41, 5.74) is 0.758. The Morgan fingerprint density at radius 2 is 1.91 bits per heavy atom. The summed E-state index contributed by atoms with van der Waals surface area (Å²) in [6, 6.07) is 8.57. The smallest absolute Gasteiger partial charge is 0.256 e. The molecule has 3 heterocycles. The first-order valence-electron chi connectivity index (χ1n) is 8.26. The lowest BCUT2D eigenvalue weighted by molar-refractivity contribution is 0.0881. The number of amides is 1. The first-order valence-corrected chi connectivity index (χ1v) is 8.26. The second-order valence-corrected chi connectivity index (χ2v) is 6.77. The van der Waals surface area contributed by atoms with Crippen LogP contribution in [0, 0.1) is 0 Å². The van der Waals surface area contributed by atoms with Gasteiger partial charge in [-0.1, -0.05) is 12.1 Å². The first kappa shape index (κ1) is 14.5. The average molecular weight is 311 g/mol. The molecule has 2 aliphatic heterocycles. The zero-order chi connectivity index (χ0) is 16.0. The van der Waals surface area contributed by atoms with Gasteiger partial charge in [0.15, 0.2) is 0 Å². The van der Waals surface area contributed by atoms with E-state index in [0.29, 0.717) is 17.5 Å². The number of piperidine rings is 1. The lowest BCUT2D eigenvalue weighted by Crippen LogP contribution is -2.49. The largest absolute Gasteiger partial charge is 0.360 e. The highest BCUT2D eigenvalue weighted by Crippen LogP contribution is 2.34. The predicted molar refractivity (Wildman–Crippen MR) is 89.6 cm³/mol. The molecule has 0 radical (unpaired) electrons. The third-order valence-corrected chi connectivity index (χ3v) is 5.47. The van der Waals surface area contributed by atoms with Gasteiger partial charge in [-0.3, -0.25) is 9.59 Å². The van der Waals surface area contributed by atoms with E-state index in [1.807, 2.05) is 18.2 Å². The molecule has 1 aromatic heterocycles. The van der Waals surface area contributed by atoms with Gasteiger partial charge in [-0.2, -0.15) is 0 Å². The molecule has 5 heteroatoms. The molecule has 1 amide bonds. The number of aromatic amines is 1. The highest BCUT2D eigenvalue weighted by atomic mass is 16.2. The first-order chi connectivity index (χ1) is 11.1. The molecule has 2 fully saturated rings. The number of rotatable bonds is 2. The second kappa shape index (κ2) is 5.49. The van der Waals surface area contributed by atoms with Gasteiger partial charge in [-0.05, 0) is 44.9 Å². The third-order valence-electron chi connectivity index (χ3n) is 5.47. The number of nitrogens with one attached hydrogen (secondary N) is 2. The Morgan fingerprint density at radius 3 is 2.65 bits per heavy atom. The number of fused-ring (bicyclic) bond motifs is 3. The van der Waals surface area contributed by atoms with Crippen molar-refractivity contribution in [2.24, 2.45) is 0 Å². The van der Waals surface area contributed by atoms with Crippen LogP contribution in [-0.4, -0.2) is 41.0 Å². The van der Waals surface area contributed by atoms with Crippen LogP contribution in [0.25, 0.3) is 10.9 Å². The maximum atomic E-state index is 12.5. The Labute approximate surface area is 134 Å². The number of nitrogens with zero attached hydrogens (tertiary/aromatic N) is 1. The fraction of sp³-hybridized carbons (Fsp3) is 0.444. The zero-order valence-corrected chi connectivity index (χ0v) is 13.2. The monoisotopic (exact) mass is 311 g/mol. The number of benzene rings is 1. The molecular weight excluding hydrogens is 290 g/mol. The molecule has 2 aromatic rings. The van der Waals surface area contributed by atoms with Crippen molar-refractivity contribution in [3.8, 4) is 0 Å². The van der Waals surface area contributed by atoms with Crippen molar-refractivity contribution in [3.05, 3.63) is 46.2 Å². The zero-order valence-electron chi connectivity index (χ0n) is 13.2. The number of carbonyl (C=O) groups excluding carboxylic acids is 1. The molecule has 2 atom stereocenters. The minimum atomic E-state index is -0.258. The number of para-hydroxylation sites is 1. The topological polar surface area (TPSA) is 65.2 Å². The summed E-state index contributed by atoms with van der Waals surface area (Å²) in [7, 11) is 2.18. The Hall–Kier alpha value is -2.14. The predicted octanol–water partition coefficient (Wildman–Crippen LogP) is 1.88. The number of hydrogen-bond acceptors (Lipinski definition) is 3. The quantitative estimate of drug-likeness (QED) is 0.890. The Bertz CT molecular complexity index is 799. The molecular formula is C18H21N3O2. The fourth-order valence-electron chi connectivity index (χ4n) is 4.13. The molecule has 23 heavy (non-hydrogen) atoms. The molecule has 120 valence electrons. The van der Waals surface area contributed by atoms with Gasteiger partial charge in [0.05, 0.1) is 0 Å². The van der Waals surface area contributed by atoms with Gasteiger partial charge in [-0.15, -0.1) is 0 Å². The van der Waals surface area contributed by atoms with Crippen LogP contribution in [0.5, 0.6) is 0 Å². The van der Waals surface area contributed by atoms with E-state index in [-0.39, 0.29) is 22.9 Å². The van der Waals surface area contributed by atoms with Crippen molar-refractivity contribution in [2.45, 2.75) is 43.8 Å². The van der Waals surface area contributed by atoms with Crippen molar-refractivity contribution in [3.63, 3.8) is 0 Å². The molecule has 5 nitrogen and oxygen atoms in total. The minimum Gasteiger partial charge on any atom is -0.360 e. The van der Waals surface area contributed by atoms with Gasteiger partial charge in [0.1, 0.15) is 5.56 Å². The van der Waals surface area contributed by atoms with Crippen LogP contribution in [0.3, 0.4) is 0 Å². The summed E-state index contributed by atoms with van der Waals surface area (Å²) < 4.78 is 0. The van der Waals surface area contributed by atoms with E-state index in [0.717, 1.165) is 18.4 Å². The van der Waals surface area contributed by atoms with Gasteiger partial charge >= 0.3 is 0 Å². The van der Waals surface area contributed by atoms with Gasteiger partial charge in [0, 0.05) is 35.2 Å². The lowest BCUT2D eigenvalue weighted by atomic mass is 9.97. The van der Waals surface area contributed by atoms with Crippen LogP contribution in [0.1, 0.15) is 36.0 Å². The maximum absolute atomic E-state index is 12.5. The highest BCUT2D eigenvalue weighted by molar-refractivity contribution is 5.97. The molecule has 1 aromatic carbocycles. The van der Waals surface area contributed by atoms with E-state index in [4.69, 9.17) is 0 Å². The molecule has 0 saturated carbocycles. The summed E-state index contributed by atoms with van der Waals surface area (Å²) in [4.78, 5) is 30.5. The minimum absolute atomic E-state index is 0.169. The van der Waals surface area contributed by atoms with Crippen molar-refractivity contribution in [2.75, 3.05) is 7.05 Å². The SMILES string of the molecule is CN1C2CCC1CC(NC(=O)c1c[nH]c3ccccc3c1=O)C2. The normalized spacial score (nSPS) is 27.3. The van der Waals surface area contributed by atoms with E-state index in [9.17, 15) is 9.59 Å². The molecule has 2 unspecified atom stereocenters. The lowest BCUT2D eigenvalue weighted by Gasteiger charge is -2.36. The third kappa shape index (κ3) is 2.45. The summed E-state index contributed by atoms with van der Waals surface area (Å²) in [6.45, 7) is 0. The van der Waals surface area contributed by atoms with Crippen molar-refractivity contribution in [1.29, 1.82) is 0 Å². The van der Waals surface area contributed by atoms with Crippen molar-refractivity contribution in [1.82, 2.24) is 15.2 Å².